The Balaban J connectivity index is 1.78. The van der Waals surface area contributed by atoms with Gasteiger partial charge in [-0.15, -0.1) is 0 Å². The second kappa shape index (κ2) is 7.13. The number of amides is 1. The molecule has 0 saturated carbocycles. The van der Waals surface area contributed by atoms with Gasteiger partial charge in [0.15, 0.2) is 0 Å². The first-order valence-electron chi connectivity index (χ1n) is 8.63. The lowest BCUT2D eigenvalue weighted by atomic mass is 9.98. The Morgan fingerprint density at radius 3 is 2.84 bits per heavy atom. The highest BCUT2D eigenvalue weighted by Crippen LogP contribution is 2.23. The molecule has 0 spiro atoms. The first-order valence-corrected chi connectivity index (χ1v) is 8.63. The number of hydrogen-bond acceptors (Lipinski definition) is 4. The van der Waals surface area contributed by atoms with Crippen LogP contribution in [0.4, 0.5) is 0 Å². The van der Waals surface area contributed by atoms with Gasteiger partial charge in [0, 0.05) is 33.4 Å². The van der Waals surface area contributed by atoms with Crippen LogP contribution in [0.15, 0.2) is 24.4 Å². The molecule has 1 amide bonds. The van der Waals surface area contributed by atoms with E-state index in [1.165, 1.54) is 0 Å². The van der Waals surface area contributed by atoms with E-state index in [1.807, 2.05) is 36.0 Å². The summed E-state index contributed by atoms with van der Waals surface area (Å²) in [5, 5.41) is 4.47. The predicted molar refractivity (Wildman–Crippen MR) is 92.9 cm³/mol. The van der Waals surface area contributed by atoms with Crippen LogP contribution in [0, 0.1) is 5.92 Å². The predicted octanol–water partition coefficient (Wildman–Crippen LogP) is 1.84. The maximum Gasteiger partial charge on any atom is 0.310 e. The van der Waals surface area contributed by atoms with E-state index in [2.05, 4.69) is 5.10 Å². The number of likely N-dealkylation sites (tertiary alicyclic amines) is 1. The molecule has 25 heavy (non-hydrogen) atoms. The lowest BCUT2D eigenvalue weighted by Crippen LogP contribution is -2.43. The summed E-state index contributed by atoms with van der Waals surface area (Å²) in [6, 6.07) is 5.72. The summed E-state index contributed by atoms with van der Waals surface area (Å²) in [4.78, 5) is 26.6. The average Bonchev–Trinajstić information content (AvgIpc) is 3.20. The molecule has 2 aromatic heterocycles. The number of carbonyl (C=O) groups excluding carboxylic acids is 2. The SMILES string of the molecule is CCOC(=O)C1CCCN(C(=O)c2cc(-c3cccn3C)nn2C)C1. The molecule has 134 valence electrons. The molecule has 1 aliphatic rings. The Morgan fingerprint density at radius 1 is 1.36 bits per heavy atom. The number of piperidine rings is 1. The lowest BCUT2D eigenvalue weighted by Gasteiger charge is -2.31. The molecule has 2 aromatic rings. The molecule has 1 fully saturated rings. The summed E-state index contributed by atoms with van der Waals surface area (Å²) >= 11 is 0. The zero-order valence-electron chi connectivity index (χ0n) is 14.9. The minimum atomic E-state index is -0.238. The normalized spacial score (nSPS) is 17.6. The Hall–Kier alpha value is -2.57. The van der Waals surface area contributed by atoms with Gasteiger partial charge in [0.25, 0.3) is 5.91 Å². The van der Waals surface area contributed by atoms with Crippen LogP contribution in [0.3, 0.4) is 0 Å². The quantitative estimate of drug-likeness (QED) is 0.794. The van der Waals surface area contributed by atoms with E-state index in [0.717, 1.165) is 24.2 Å². The molecule has 3 rings (SSSR count). The second-order valence-electron chi connectivity index (χ2n) is 6.39. The van der Waals surface area contributed by atoms with E-state index < -0.39 is 0 Å². The molecular weight excluding hydrogens is 320 g/mol. The monoisotopic (exact) mass is 344 g/mol. The molecule has 0 N–H and O–H groups in total. The van der Waals surface area contributed by atoms with Crippen molar-refractivity contribution in [2.75, 3.05) is 19.7 Å². The van der Waals surface area contributed by atoms with Gasteiger partial charge in [-0.2, -0.15) is 5.10 Å². The van der Waals surface area contributed by atoms with Crippen molar-refractivity contribution in [3.8, 4) is 11.4 Å². The number of rotatable bonds is 4. The molecule has 3 heterocycles. The van der Waals surface area contributed by atoms with Crippen molar-refractivity contribution in [1.82, 2.24) is 19.2 Å². The number of aryl methyl sites for hydroxylation is 2. The standard InChI is InChI=1S/C18H24N4O3/c1-4-25-18(24)13-7-5-10-22(12-13)17(23)16-11-14(19-21(16)3)15-8-6-9-20(15)2/h6,8-9,11,13H,4-5,7,10,12H2,1-3H3. The van der Waals surface area contributed by atoms with E-state index in [-0.39, 0.29) is 17.8 Å². The van der Waals surface area contributed by atoms with Gasteiger partial charge in [-0.3, -0.25) is 14.3 Å². The number of carbonyl (C=O) groups is 2. The van der Waals surface area contributed by atoms with Crippen molar-refractivity contribution in [1.29, 1.82) is 0 Å². The van der Waals surface area contributed by atoms with Gasteiger partial charge < -0.3 is 14.2 Å². The van der Waals surface area contributed by atoms with Gasteiger partial charge in [0.1, 0.15) is 11.4 Å². The van der Waals surface area contributed by atoms with Gasteiger partial charge in [0.05, 0.1) is 18.2 Å². The fourth-order valence-electron chi connectivity index (χ4n) is 3.30. The highest BCUT2D eigenvalue weighted by atomic mass is 16.5. The molecule has 0 bridgehead atoms. The van der Waals surface area contributed by atoms with E-state index in [9.17, 15) is 9.59 Å². The molecule has 1 saturated heterocycles. The molecule has 7 heteroatoms. The van der Waals surface area contributed by atoms with Gasteiger partial charge in [0.2, 0.25) is 0 Å². The molecule has 0 aromatic carbocycles. The van der Waals surface area contributed by atoms with Crippen LogP contribution in [0.5, 0.6) is 0 Å². The largest absolute Gasteiger partial charge is 0.466 e. The van der Waals surface area contributed by atoms with Crippen molar-refractivity contribution in [3.63, 3.8) is 0 Å². The molecule has 1 atom stereocenters. The number of nitrogens with zero attached hydrogens (tertiary/aromatic N) is 4. The van der Waals surface area contributed by atoms with Gasteiger partial charge >= 0.3 is 5.97 Å². The number of aromatic nitrogens is 3. The van der Waals surface area contributed by atoms with Crippen LogP contribution >= 0.6 is 0 Å². The Labute approximate surface area is 147 Å². The Bertz CT molecular complexity index is 777. The third-order valence-corrected chi connectivity index (χ3v) is 4.63. The molecular formula is C18H24N4O3. The van der Waals surface area contributed by atoms with E-state index >= 15 is 0 Å². The van der Waals surface area contributed by atoms with Crippen LogP contribution in [-0.2, 0) is 23.6 Å². The highest BCUT2D eigenvalue weighted by Gasteiger charge is 2.31. The van der Waals surface area contributed by atoms with Crippen LogP contribution < -0.4 is 0 Å². The zero-order chi connectivity index (χ0) is 18.0. The first-order chi connectivity index (χ1) is 12.0. The Morgan fingerprint density at radius 2 is 2.16 bits per heavy atom. The van der Waals surface area contributed by atoms with Crippen molar-refractivity contribution in [3.05, 3.63) is 30.1 Å². The minimum absolute atomic E-state index is 0.0931. The maximum absolute atomic E-state index is 12.9. The summed E-state index contributed by atoms with van der Waals surface area (Å²) in [6.07, 6.45) is 3.51. The van der Waals surface area contributed by atoms with Crippen molar-refractivity contribution >= 4 is 11.9 Å². The molecule has 0 aliphatic carbocycles. The van der Waals surface area contributed by atoms with E-state index in [1.54, 1.807) is 23.6 Å². The fraction of sp³-hybridized carbons (Fsp3) is 0.500. The van der Waals surface area contributed by atoms with Gasteiger partial charge in [-0.1, -0.05) is 0 Å². The Kier molecular flexibility index (Phi) is 4.92. The third-order valence-electron chi connectivity index (χ3n) is 4.63. The van der Waals surface area contributed by atoms with Crippen LogP contribution in [0.1, 0.15) is 30.3 Å². The summed E-state index contributed by atoms with van der Waals surface area (Å²) in [5.74, 6) is -0.544. The van der Waals surface area contributed by atoms with E-state index in [0.29, 0.717) is 25.4 Å². The molecule has 1 aliphatic heterocycles. The summed E-state index contributed by atoms with van der Waals surface area (Å²) in [6.45, 7) is 3.22. The zero-order valence-corrected chi connectivity index (χ0v) is 14.9. The minimum Gasteiger partial charge on any atom is -0.466 e. The average molecular weight is 344 g/mol. The highest BCUT2D eigenvalue weighted by molar-refractivity contribution is 5.94. The van der Waals surface area contributed by atoms with E-state index in [4.69, 9.17) is 4.74 Å². The summed E-state index contributed by atoms with van der Waals surface area (Å²) < 4.78 is 8.68. The number of ether oxygens (including phenoxy) is 1. The van der Waals surface area contributed by atoms with Crippen LogP contribution in [0.2, 0.25) is 0 Å². The second-order valence-corrected chi connectivity index (χ2v) is 6.39. The van der Waals surface area contributed by atoms with Gasteiger partial charge in [-0.25, -0.2) is 0 Å². The summed E-state index contributed by atoms with van der Waals surface area (Å²) in [7, 11) is 3.71. The van der Waals surface area contributed by atoms with Crippen LogP contribution in [-0.4, -0.2) is 50.8 Å². The first kappa shape index (κ1) is 17.3. The van der Waals surface area contributed by atoms with Crippen LogP contribution in [0.25, 0.3) is 11.4 Å². The number of hydrogen-bond donors (Lipinski definition) is 0. The number of esters is 1. The van der Waals surface area contributed by atoms with Crippen molar-refractivity contribution < 1.29 is 14.3 Å². The molecule has 0 radical (unpaired) electrons. The fourth-order valence-corrected chi connectivity index (χ4v) is 3.30. The topological polar surface area (TPSA) is 69.4 Å². The maximum atomic E-state index is 12.9. The lowest BCUT2D eigenvalue weighted by molar-refractivity contribution is -0.149. The third kappa shape index (κ3) is 3.45. The molecule has 7 nitrogen and oxygen atoms in total. The van der Waals surface area contributed by atoms with Gasteiger partial charge in [-0.05, 0) is 38.0 Å². The molecule has 1 unspecified atom stereocenters. The summed E-state index contributed by atoms with van der Waals surface area (Å²) in [5.41, 5.74) is 2.25. The van der Waals surface area contributed by atoms with Crippen molar-refractivity contribution in [2.45, 2.75) is 19.8 Å². The smallest absolute Gasteiger partial charge is 0.310 e. The van der Waals surface area contributed by atoms with Crippen molar-refractivity contribution in [2.24, 2.45) is 20.0 Å².